The van der Waals surface area contributed by atoms with Crippen molar-refractivity contribution < 1.29 is 4.79 Å². The molecule has 26 heavy (non-hydrogen) atoms. The van der Waals surface area contributed by atoms with Gasteiger partial charge in [0.25, 0.3) is 5.91 Å². The van der Waals surface area contributed by atoms with E-state index in [-0.39, 0.29) is 11.9 Å². The summed E-state index contributed by atoms with van der Waals surface area (Å²) in [6.45, 7) is 1.91. The average molecular weight is 342 g/mol. The number of carbonyl (C=O) groups is 1. The molecule has 128 valence electrons. The van der Waals surface area contributed by atoms with E-state index in [1.165, 1.54) is 0 Å². The van der Waals surface area contributed by atoms with Crippen molar-refractivity contribution in [2.45, 2.75) is 13.0 Å². The fourth-order valence-corrected chi connectivity index (χ4v) is 2.95. The number of fused-ring (bicyclic) bond motifs is 1. The Balaban J connectivity index is 1.55. The first kappa shape index (κ1) is 16.0. The zero-order valence-corrected chi connectivity index (χ0v) is 14.3. The molecule has 1 unspecified atom stereocenters. The maximum absolute atomic E-state index is 12.7. The van der Waals surface area contributed by atoms with Crippen LogP contribution < -0.4 is 5.32 Å². The first-order valence-corrected chi connectivity index (χ1v) is 8.47. The Morgan fingerprint density at radius 3 is 2.65 bits per heavy atom. The molecule has 2 heterocycles. The van der Waals surface area contributed by atoms with Crippen LogP contribution in [0.5, 0.6) is 0 Å². The zero-order chi connectivity index (χ0) is 17.9. The number of aromatic nitrogens is 3. The molecule has 0 fully saturated rings. The molecule has 0 saturated carbocycles. The van der Waals surface area contributed by atoms with Crippen LogP contribution in [0.2, 0.25) is 0 Å². The van der Waals surface area contributed by atoms with Crippen LogP contribution in [-0.4, -0.2) is 20.9 Å². The van der Waals surface area contributed by atoms with Gasteiger partial charge in [0.2, 0.25) is 0 Å². The van der Waals surface area contributed by atoms with Crippen LogP contribution >= 0.6 is 0 Å². The Kier molecular flexibility index (Phi) is 4.19. The molecule has 0 aliphatic heterocycles. The van der Waals surface area contributed by atoms with Gasteiger partial charge in [0, 0.05) is 11.6 Å². The number of para-hydroxylation sites is 1. The number of rotatable bonds is 4. The highest BCUT2D eigenvalue weighted by atomic mass is 16.1. The summed E-state index contributed by atoms with van der Waals surface area (Å²) >= 11 is 0. The first-order chi connectivity index (χ1) is 12.7. The Morgan fingerprint density at radius 1 is 1.00 bits per heavy atom. The fraction of sp³-hybridized carbons (Fsp3) is 0.0952. The molecule has 2 aromatic carbocycles. The van der Waals surface area contributed by atoms with Gasteiger partial charge in [-0.15, -0.1) is 0 Å². The van der Waals surface area contributed by atoms with Crippen molar-refractivity contribution >= 4 is 16.8 Å². The predicted octanol–water partition coefficient (Wildman–Crippen LogP) is 4.12. The summed E-state index contributed by atoms with van der Waals surface area (Å²) in [6, 6.07) is 19.1. The zero-order valence-electron chi connectivity index (χ0n) is 14.3. The van der Waals surface area contributed by atoms with Gasteiger partial charge in [0.1, 0.15) is 5.82 Å². The van der Waals surface area contributed by atoms with Crippen LogP contribution in [0.25, 0.3) is 22.2 Å². The summed E-state index contributed by atoms with van der Waals surface area (Å²) in [6.07, 6.45) is 3.48. The molecular formula is C21H18N4O. The number of amides is 1. The molecule has 2 N–H and O–H groups in total. The molecule has 0 radical (unpaired) electrons. The fourth-order valence-electron chi connectivity index (χ4n) is 2.95. The molecule has 0 bridgehead atoms. The van der Waals surface area contributed by atoms with Gasteiger partial charge in [-0.25, -0.2) is 4.98 Å². The molecule has 4 aromatic rings. The summed E-state index contributed by atoms with van der Waals surface area (Å²) in [5.41, 5.74) is 3.24. The molecule has 1 amide bonds. The summed E-state index contributed by atoms with van der Waals surface area (Å²) in [7, 11) is 0. The van der Waals surface area contributed by atoms with E-state index < -0.39 is 0 Å². The highest BCUT2D eigenvalue weighted by Crippen LogP contribution is 2.20. The van der Waals surface area contributed by atoms with Gasteiger partial charge in [-0.2, -0.15) is 0 Å². The maximum atomic E-state index is 12.7. The average Bonchev–Trinajstić information content (AvgIpc) is 3.18. The smallest absolute Gasteiger partial charge is 0.254 e. The quantitative estimate of drug-likeness (QED) is 0.586. The van der Waals surface area contributed by atoms with Gasteiger partial charge in [-0.1, -0.05) is 48.5 Å². The predicted molar refractivity (Wildman–Crippen MR) is 102 cm³/mol. The third-order valence-corrected chi connectivity index (χ3v) is 4.32. The molecule has 0 aliphatic carbocycles. The minimum absolute atomic E-state index is 0.167. The van der Waals surface area contributed by atoms with Gasteiger partial charge >= 0.3 is 0 Å². The lowest BCUT2D eigenvalue weighted by molar-refractivity contribution is 0.0940. The second-order valence-corrected chi connectivity index (χ2v) is 6.12. The first-order valence-electron chi connectivity index (χ1n) is 8.47. The monoisotopic (exact) mass is 342 g/mol. The van der Waals surface area contributed by atoms with Gasteiger partial charge in [-0.05, 0) is 24.6 Å². The van der Waals surface area contributed by atoms with Crippen LogP contribution in [-0.2, 0) is 0 Å². The van der Waals surface area contributed by atoms with Crippen molar-refractivity contribution in [3.63, 3.8) is 0 Å². The summed E-state index contributed by atoms with van der Waals surface area (Å²) in [4.78, 5) is 24.8. The van der Waals surface area contributed by atoms with Gasteiger partial charge in [-0.3, -0.25) is 9.78 Å². The van der Waals surface area contributed by atoms with Crippen LogP contribution in [0.15, 0.2) is 73.1 Å². The number of imidazole rings is 1. The number of nitrogens with one attached hydrogen (secondary N) is 2. The molecule has 0 saturated heterocycles. The third kappa shape index (κ3) is 3.07. The molecule has 5 nitrogen and oxygen atoms in total. The molecule has 4 rings (SSSR count). The van der Waals surface area contributed by atoms with Crippen molar-refractivity contribution in [2.24, 2.45) is 0 Å². The van der Waals surface area contributed by atoms with E-state index in [0.717, 1.165) is 16.6 Å². The molecule has 0 spiro atoms. The Labute approximate surface area is 151 Å². The van der Waals surface area contributed by atoms with Crippen LogP contribution in [0.1, 0.15) is 29.1 Å². The van der Waals surface area contributed by atoms with Crippen LogP contribution in [0.3, 0.4) is 0 Å². The number of pyridine rings is 1. The Hall–Kier alpha value is -3.47. The largest absolute Gasteiger partial charge is 0.342 e. The molecule has 0 aliphatic rings. The third-order valence-electron chi connectivity index (χ3n) is 4.32. The van der Waals surface area contributed by atoms with Crippen molar-refractivity contribution in [1.82, 2.24) is 20.3 Å². The van der Waals surface area contributed by atoms with E-state index in [1.54, 1.807) is 18.5 Å². The standard InChI is InChI=1S/C21H18N4O/c1-14(20-23-13-18(25-20)15-7-3-2-4-8-15)24-21(26)17-11-5-9-16-10-6-12-22-19(16)17/h2-14H,1H3,(H,23,25)(H,24,26). The number of H-pyrrole nitrogens is 1. The second-order valence-electron chi connectivity index (χ2n) is 6.12. The van der Waals surface area contributed by atoms with Crippen molar-refractivity contribution in [2.75, 3.05) is 0 Å². The van der Waals surface area contributed by atoms with E-state index in [9.17, 15) is 4.79 Å². The topological polar surface area (TPSA) is 70.7 Å². The molecule has 5 heteroatoms. The number of hydrogen-bond donors (Lipinski definition) is 2. The summed E-state index contributed by atoms with van der Waals surface area (Å²) in [5.74, 6) is 0.546. The molecule has 1 atom stereocenters. The van der Waals surface area contributed by atoms with Crippen molar-refractivity contribution in [3.05, 3.63) is 84.4 Å². The lowest BCUT2D eigenvalue weighted by Crippen LogP contribution is -2.27. The lowest BCUT2D eigenvalue weighted by atomic mass is 10.1. The number of carbonyl (C=O) groups excluding carboxylic acids is 1. The summed E-state index contributed by atoms with van der Waals surface area (Å²) < 4.78 is 0. The second kappa shape index (κ2) is 6.80. The van der Waals surface area contributed by atoms with E-state index >= 15 is 0 Å². The van der Waals surface area contributed by atoms with E-state index in [2.05, 4.69) is 20.3 Å². The lowest BCUT2D eigenvalue weighted by Gasteiger charge is -2.12. The minimum Gasteiger partial charge on any atom is -0.342 e. The number of hydrogen-bond acceptors (Lipinski definition) is 3. The van der Waals surface area contributed by atoms with Gasteiger partial charge < -0.3 is 10.3 Å². The number of benzene rings is 2. The van der Waals surface area contributed by atoms with E-state index in [1.807, 2.05) is 61.5 Å². The van der Waals surface area contributed by atoms with Gasteiger partial charge in [0.15, 0.2) is 0 Å². The van der Waals surface area contributed by atoms with Crippen molar-refractivity contribution in [1.29, 1.82) is 0 Å². The molecular weight excluding hydrogens is 324 g/mol. The Bertz CT molecular complexity index is 1050. The SMILES string of the molecule is CC(NC(=O)c1cccc2cccnc12)c1ncc(-c2ccccc2)[nH]1. The minimum atomic E-state index is -0.251. The Morgan fingerprint density at radius 2 is 1.81 bits per heavy atom. The normalized spacial score (nSPS) is 12.0. The number of aromatic amines is 1. The van der Waals surface area contributed by atoms with Crippen molar-refractivity contribution in [3.8, 4) is 11.3 Å². The van der Waals surface area contributed by atoms with Crippen LogP contribution in [0.4, 0.5) is 0 Å². The summed E-state index contributed by atoms with van der Waals surface area (Å²) in [5, 5.41) is 3.94. The number of nitrogens with zero attached hydrogens (tertiary/aromatic N) is 2. The van der Waals surface area contributed by atoms with E-state index in [4.69, 9.17) is 0 Å². The maximum Gasteiger partial charge on any atom is 0.254 e. The van der Waals surface area contributed by atoms with Crippen LogP contribution in [0, 0.1) is 0 Å². The molecule has 2 aromatic heterocycles. The highest BCUT2D eigenvalue weighted by molar-refractivity contribution is 6.05. The van der Waals surface area contributed by atoms with E-state index in [0.29, 0.717) is 16.9 Å². The highest BCUT2D eigenvalue weighted by Gasteiger charge is 2.16. The van der Waals surface area contributed by atoms with Gasteiger partial charge in [0.05, 0.1) is 29.0 Å².